The van der Waals surface area contributed by atoms with Crippen LogP contribution in [0.1, 0.15) is 40.1 Å². The number of nitrogens with zero attached hydrogens (tertiary/aromatic N) is 2. The van der Waals surface area contributed by atoms with E-state index in [1.807, 2.05) is 57.2 Å². The van der Waals surface area contributed by atoms with Crippen LogP contribution >= 0.6 is 0 Å². The van der Waals surface area contributed by atoms with Gasteiger partial charge in [-0.1, -0.05) is 18.2 Å². The Balaban J connectivity index is 1.62. The number of carbonyl (C=O) groups excluding carboxylic acids is 1. The number of aromatic nitrogens is 2. The average molecular weight is 350 g/mol. The third-order valence-electron chi connectivity index (χ3n) is 4.21. The van der Waals surface area contributed by atoms with Crippen LogP contribution in [0.3, 0.4) is 0 Å². The van der Waals surface area contributed by atoms with Gasteiger partial charge in [0.05, 0.1) is 11.8 Å². The van der Waals surface area contributed by atoms with Crippen LogP contribution in [-0.2, 0) is 13.2 Å². The molecule has 0 atom stereocenters. The molecule has 26 heavy (non-hydrogen) atoms. The minimum Gasteiger partial charge on any atom is -0.485 e. The van der Waals surface area contributed by atoms with Crippen molar-refractivity contribution in [1.82, 2.24) is 9.78 Å². The summed E-state index contributed by atoms with van der Waals surface area (Å²) in [6, 6.07) is 11.5. The van der Waals surface area contributed by atoms with Gasteiger partial charge in [0.1, 0.15) is 23.9 Å². The summed E-state index contributed by atoms with van der Waals surface area (Å²) in [4.78, 5) is 12.3. The van der Waals surface area contributed by atoms with E-state index in [9.17, 15) is 4.79 Å². The first-order valence-corrected chi connectivity index (χ1v) is 8.60. The number of aryl methyl sites for hydroxylation is 2. The first kappa shape index (κ1) is 17.7. The van der Waals surface area contributed by atoms with Gasteiger partial charge in [-0.3, -0.25) is 9.48 Å². The van der Waals surface area contributed by atoms with Gasteiger partial charge in [0.2, 0.25) is 0 Å². The smallest absolute Gasteiger partial charge is 0.189 e. The highest BCUT2D eigenvalue weighted by atomic mass is 16.5. The second-order valence-corrected chi connectivity index (χ2v) is 6.02. The predicted molar refractivity (Wildman–Crippen MR) is 100 cm³/mol. The van der Waals surface area contributed by atoms with Gasteiger partial charge in [0.25, 0.3) is 0 Å². The number of hydrogen-bond acceptors (Lipinski definition) is 4. The van der Waals surface area contributed by atoms with E-state index >= 15 is 0 Å². The first-order chi connectivity index (χ1) is 12.6. The van der Waals surface area contributed by atoms with Gasteiger partial charge < -0.3 is 9.15 Å². The molecule has 5 nitrogen and oxygen atoms in total. The molecule has 0 unspecified atom stereocenters. The highest BCUT2D eigenvalue weighted by molar-refractivity contribution is 6.07. The van der Waals surface area contributed by atoms with E-state index in [0.29, 0.717) is 23.7 Å². The molecule has 3 rings (SSSR count). The van der Waals surface area contributed by atoms with E-state index in [0.717, 1.165) is 23.6 Å². The maximum atomic E-state index is 12.3. The van der Waals surface area contributed by atoms with Crippen molar-refractivity contribution in [2.75, 3.05) is 0 Å². The van der Waals surface area contributed by atoms with Crippen LogP contribution in [0.25, 0.3) is 6.08 Å². The fraction of sp³-hybridized carbons (Fsp3) is 0.238. The average Bonchev–Trinajstić information content (AvgIpc) is 3.25. The topological polar surface area (TPSA) is 57.3 Å². The van der Waals surface area contributed by atoms with Crippen molar-refractivity contribution in [2.24, 2.45) is 0 Å². The number of hydrogen-bond donors (Lipinski definition) is 0. The third-order valence-corrected chi connectivity index (χ3v) is 4.21. The SMILES string of the molecule is CCn1ncc(C(=O)/C=C/c2ccc(COc3ccccc3C)o2)c1C. The minimum atomic E-state index is -0.0867. The lowest BCUT2D eigenvalue weighted by Crippen LogP contribution is -2.01. The molecule has 0 amide bonds. The number of benzene rings is 1. The van der Waals surface area contributed by atoms with Crippen LogP contribution in [-0.4, -0.2) is 15.6 Å². The highest BCUT2D eigenvalue weighted by Gasteiger charge is 2.11. The molecule has 0 saturated carbocycles. The van der Waals surface area contributed by atoms with Crippen molar-refractivity contribution >= 4 is 11.9 Å². The number of carbonyl (C=O) groups is 1. The molecular weight excluding hydrogens is 328 g/mol. The summed E-state index contributed by atoms with van der Waals surface area (Å²) >= 11 is 0. The van der Waals surface area contributed by atoms with E-state index in [1.54, 1.807) is 17.0 Å². The summed E-state index contributed by atoms with van der Waals surface area (Å²) in [7, 11) is 0. The van der Waals surface area contributed by atoms with Gasteiger partial charge >= 0.3 is 0 Å². The number of furan rings is 1. The second-order valence-electron chi connectivity index (χ2n) is 6.02. The summed E-state index contributed by atoms with van der Waals surface area (Å²) in [6.07, 6.45) is 4.78. The van der Waals surface area contributed by atoms with Crippen molar-refractivity contribution in [3.05, 3.63) is 77.0 Å². The molecule has 5 heteroatoms. The number of rotatable bonds is 7. The summed E-state index contributed by atoms with van der Waals surface area (Å²) < 4.78 is 13.3. The van der Waals surface area contributed by atoms with Crippen molar-refractivity contribution in [2.45, 2.75) is 33.9 Å². The lowest BCUT2D eigenvalue weighted by atomic mass is 10.1. The van der Waals surface area contributed by atoms with Crippen LogP contribution in [0.5, 0.6) is 5.75 Å². The zero-order valence-electron chi connectivity index (χ0n) is 15.2. The van der Waals surface area contributed by atoms with Gasteiger partial charge in [-0.25, -0.2) is 0 Å². The Hall–Kier alpha value is -3.08. The van der Waals surface area contributed by atoms with Crippen molar-refractivity contribution < 1.29 is 13.9 Å². The Morgan fingerprint density at radius 1 is 1.23 bits per heavy atom. The largest absolute Gasteiger partial charge is 0.485 e. The normalized spacial score (nSPS) is 11.2. The lowest BCUT2D eigenvalue weighted by Gasteiger charge is -2.06. The van der Waals surface area contributed by atoms with Crippen molar-refractivity contribution in [1.29, 1.82) is 0 Å². The van der Waals surface area contributed by atoms with Gasteiger partial charge in [0.15, 0.2) is 5.78 Å². The molecule has 0 radical (unpaired) electrons. The molecule has 1 aromatic carbocycles. The summed E-state index contributed by atoms with van der Waals surface area (Å²) in [5.74, 6) is 2.06. The zero-order valence-corrected chi connectivity index (χ0v) is 15.2. The van der Waals surface area contributed by atoms with Crippen molar-refractivity contribution in [3.8, 4) is 5.75 Å². The maximum absolute atomic E-state index is 12.3. The summed E-state index contributed by atoms with van der Waals surface area (Å²) in [5, 5.41) is 4.20. The Morgan fingerprint density at radius 3 is 2.77 bits per heavy atom. The van der Waals surface area contributed by atoms with Gasteiger partial charge in [-0.2, -0.15) is 5.10 Å². The fourth-order valence-electron chi connectivity index (χ4n) is 2.68. The third kappa shape index (κ3) is 3.94. The monoisotopic (exact) mass is 350 g/mol. The Bertz CT molecular complexity index is 934. The van der Waals surface area contributed by atoms with Crippen LogP contribution in [0.15, 0.2) is 53.1 Å². The Morgan fingerprint density at radius 2 is 2.04 bits per heavy atom. The van der Waals surface area contributed by atoms with Crippen LogP contribution in [0.4, 0.5) is 0 Å². The fourth-order valence-corrected chi connectivity index (χ4v) is 2.68. The van der Waals surface area contributed by atoms with Gasteiger partial charge in [0, 0.05) is 12.2 Å². The van der Waals surface area contributed by atoms with Crippen LogP contribution < -0.4 is 4.74 Å². The van der Waals surface area contributed by atoms with Crippen LogP contribution in [0.2, 0.25) is 0 Å². The van der Waals surface area contributed by atoms with Gasteiger partial charge in [-0.15, -0.1) is 0 Å². The standard InChI is InChI=1S/C21H22N2O3/c1-4-23-16(3)19(13-22-23)20(24)12-11-17-9-10-18(26-17)14-25-21-8-6-5-7-15(21)2/h5-13H,4,14H2,1-3H3/b12-11+. The maximum Gasteiger partial charge on any atom is 0.189 e. The molecular formula is C21H22N2O3. The van der Waals surface area contributed by atoms with E-state index in [-0.39, 0.29) is 5.78 Å². The number of ketones is 1. The molecule has 0 aliphatic rings. The highest BCUT2D eigenvalue weighted by Crippen LogP contribution is 2.19. The molecule has 3 aromatic rings. The Labute approximate surface area is 152 Å². The second kappa shape index (κ2) is 7.87. The number of ether oxygens (including phenoxy) is 1. The minimum absolute atomic E-state index is 0.0867. The molecule has 134 valence electrons. The van der Waals surface area contributed by atoms with E-state index in [2.05, 4.69) is 5.10 Å². The molecule has 0 N–H and O–H groups in total. The van der Waals surface area contributed by atoms with Gasteiger partial charge in [-0.05, 0) is 56.7 Å². The molecule has 0 spiro atoms. The van der Waals surface area contributed by atoms with E-state index in [1.165, 1.54) is 6.08 Å². The van der Waals surface area contributed by atoms with E-state index < -0.39 is 0 Å². The predicted octanol–water partition coefficient (Wildman–Crippen LogP) is 4.59. The molecule has 2 aromatic heterocycles. The summed E-state index contributed by atoms with van der Waals surface area (Å²) in [6.45, 7) is 6.97. The lowest BCUT2D eigenvalue weighted by molar-refractivity contribution is 0.104. The van der Waals surface area contributed by atoms with E-state index in [4.69, 9.17) is 9.15 Å². The molecule has 0 fully saturated rings. The molecule has 0 bridgehead atoms. The number of allylic oxidation sites excluding steroid dienone is 1. The van der Waals surface area contributed by atoms with Crippen molar-refractivity contribution in [3.63, 3.8) is 0 Å². The molecule has 0 aliphatic heterocycles. The number of para-hydroxylation sites is 1. The molecule has 2 heterocycles. The quantitative estimate of drug-likeness (QED) is 0.462. The zero-order chi connectivity index (χ0) is 18.5. The van der Waals surface area contributed by atoms with Crippen LogP contribution in [0, 0.1) is 13.8 Å². The summed E-state index contributed by atoms with van der Waals surface area (Å²) in [5.41, 5.74) is 2.56. The first-order valence-electron chi connectivity index (χ1n) is 8.60. The Kier molecular flexibility index (Phi) is 5.37. The molecule has 0 saturated heterocycles. The molecule has 0 aliphatic carbocycles.